The maximum absolute atomic E-state index is 14.4. The van der Waals surface area contributed by atoms with Crippen LogP contribution in [0.25, 0.3) is 11.3 Å². The monoisotopic (exact) mass is 544 g/mol. The van der Waals surface area contributed by atoms with E-state index in [1.807, 2.05) is 26.8 Å². The molecule has 0 unspecified atom stereocenters. The van der Waals surface area contributed by atoms with Crippen LogP contribution < -0.4 is 10.6 Å². The Morgan fingerprint density at radius 2 is 1.84 bits per heavy atom. The maximum atomic E-state index is 14.4. The first kappa shape index (κ1) is 28.6. The van der Waals surface area contributed by atoms with Crippen molar-refractivity contribution < 1.29 is 28.2 Å². The SMILES string of the molecule is CCn1ncc(Cl)c1-c1cc(F)cc(C(=O)NC[C@@H](NC(=O)OCc2ccccc2)C(=O)OCC(C)C)c1. The van der Waals surface area contributed by atoms with Crippen molar-refractivity contribution in [2.75, 3.05) is 13.2 Å². The van der Waals surface area contributed by atoms with Crippen LogP contribution in [-0.4, -0.2) is 46.9 Å². The second-order valence-electron chi connectivity index (χ2n) is 8.88. The van der Waals surface area contributed by atoms with Crippen LogP contribution in [0.2, 0.25) is 5.02 Å². The molecule has 9 nitrogen and oxygen atoms in total. The fourth-order valence-corrected chi connectivity index (χ4v) is 3.74. The summed E-state index contributed by atoms with van der Waals surface area (Å²) in [7, 11) is 0. The van der Waals surface area contributed by atoms with Gasteiger partial charge >= 0.3 is 12.1 Å². The van der Waals surface area contributed by atoms with Gasteiger partial charge in [0.25, 0.3) is 5.91 Å². The van der Waals surface area contributed by atoms with E-state index >= 15 is 0 Å². The van der Waals surface area contributed by atoms with Crippen LogP contribution >= 0.6 is 11.6 Å². The van der Waals surface area contributed by atoms with Crippen molar-refractivity contribution in [2.45, 2.75) is 40.0 Å². The number of hydrogen-bond donors (Lipinski definition) is 2. The van der Waals surface area contributed by atoms with Crippen molar-refractivity contribution >= 4 is 29.6 Å². The Hall–Kier alpha value is -3.92. The summed E-state index contributed by atoms with van der Waals surface area (Å²) < 4.78 is 26.5. The standard InChI is InChI=1S/C27H30ClFN4O5/c1-4-33-24(22(28)13-31-33)19-10-20(12-21(29)11-19)25(34)30-14-23(26(35)37-15-17(2)3)32-27(36)38-16-18-8-6-5-7-9-18/h5-13,17,23H,4,14-16H2,1-3H3,(H,30,34)(H,32,36)/t23-/m1/s1. The molecule has 0 saturated heterocycles. The molecule has 2 N–H and O–H groups in total. The molecule has 38 heavy (non-hydrogen) atoms. The predicted molar refractivity (Wildman–Crippen MR) is 140 cm³/mol. The Bertz CT molecular complexity index is 1270. The number of aryl methyl sites for hydroxylation is 1. The Labute approximate surface area is 225 Å². The van der Waals surface area contributed by atoms with Gasteiger partial charge in [-0.3, -0.25) is 9.48 Å². The van der Waals surface area contributed by atoms with Gasteiger partial charge in [-0.25, -0.2) is 14.0 Å². The van der Waals surface area contributed by atoms with Crippen LogP contribution in [0.3, 0.4) is 0 Å². The van der Waals surface area contributed by atoms with Crippen LogP contribution in [-0.2, 0) is 27.4 Å². The number of aromatic nitrogens is 2. The van der Waals surface area contributed by atoms with Crippen molar-refractivity contribution in [1.82, 2.24) is 20.4 Å². The first-order valence-electron chi connectivity index (χ1n) is 12.1. The molecule has 3 rings (SSSR count). The highest BCUT2D eigenvalue weighted by Gasteiger charge is 2.25. The average Bonchev–Trinajstić information content (AvgIpc) is 3.28. The zero-order chi connectivity index (χ0) is 27.7. The van der Waals surface area contributed by atoms with Gasteiger partial charge in [-0.15, -0.1) is 0 Å². The molecule has 0 fully saturated rings. The number of carbonyl (C=O) groups excluding carboxylic acids is 3. The number of alkyl carbamates (subject to hydrolysis) is 1. The Morgan fingerprint density at radius 1 is 1.11 bits per heavy atom. The highest BCUT2D eigenvalue weighted by molar-refractivity contribution is 6.33. The third-order valence-electron chi connectivity index (χ3n) is 5.34. The van der Waals surface area contributed by atoms with Crippen LogP contribution in [0, 0.1) is 11.7 Å². The van der Waals surface area contributed by atoms with Crippen molar-refractivity contribution in [1.29, 1.82) is 0 Å². The molecule has 3 aromatic rings. The van der Waals surface area contributed by atoms with E-state index in [2.05, 4.69) is 15.7 Å². The van der Waals surface area contributed by atoms with Gasteiger partial charge in [0, 0.05) is 24.2 Å². The summed E-state index contributed by atoms with van der Waals surface area (Å²) in [6.07, 6.45) is 0.589. The van der Waals surface area contributed by atoms with Gasteiger partial charge in [0.2, 0.25) is 0 Å². The van der Waals surface area contributed by atoms with Crippen LogP contribution in [0.1, 0.15) is 36.7 Å². The number of esters is 1. The van der Waals surface area contributed by atoms with Gasteiger partial charge in [0.15, 0.2) is 0 Å². The van der Waals surface area contributed by atoms with E-state index in [1.165, 1.54) is 18.3 Å². The number of halogens is 2. The fourth-order valence-electron chi connectivity index (χ4n) is 3.49. The van der Waals surface area contributed by atoms with E-state index in [-0.39, 0.29) is 31.2 Å². The minimum Gasteiger partial charge on any atom is -0.464 e. The molecule has 202 valence electrons. The fraction of sp³-hybridized carbons (Fsp3) is 0.333. The third-order valence-corrected chi connectivity index (χ3v) is 5.62. The van der Waals surface area contributed by atoms with Gasteiger partial charge in [0.1, 0.15) is 18.5 Å². The van der Waals surface area contributed by atoms with Crippen LogP contribution in [0.4, 0.5) is 9.18 Å². The van der Waals surface area contributed by atoms with E-state index in [0.29, 0.717) is 22.8 Å². The zero-order valence-electron chi connectivity index (χ0n) is 21.4. The molecule has 0 bridgehead atoms. The summed E-state index contributed by atoms with van der Waals surface area (Å²) >= 11 is 6.24. The molecule has 2 aromatic carbocycles. The maximum Gasteiger partial charge on any atom is 0.408 e. The van der Waals surface area contributed by atoms with Gasteiger partial charge in [0.05, 0.1) is 23.5 Å². The second-order valence-corrected chi connectivity index (χ2v) is 9.29. The average molecular weight is 545 g/mol. The lowest BCUT2D eigenvalue weighted by Crippen LogP contribution is -2.49. The zero-order valence-corrected chi connectivity index (χ0v) is 22.1. The first-order chi connectivity index (χ1) is 18.2. The summed E-state index contributed by atoms with van der Waals surface area (Å²) in [6.45, 7) is 5.89. The van der Waals surface area contributed by atoms with Crippen LogP contribution in [0.5, 0.6) is 0 Å². The van der Waals surface area contributed by atoms with E-state index in [1.54, 1.807) is 28.9 Å². The topological polar surface area (TPSA) is 112 Å². The molecule has 1 aromatic heterocycles. The number of ether oxygens (including phenoxy) is 2. The van der Waals surface area contributed by atoms with E-state index in [4.69, 9.17) is 21.1 Å². The highest BCUT2D eigenvalue weighted by atomic mass is 35.5. The minimum atomic E-state index is -1.23. The number of nitrogens with one attached hydrogen (secondary N) is 2. The molecule has 0 saturated carbocycles. The number of carbonyl (C=O) groups is 3. The molecule has 0 aliphatic rings. The molecule has 11 heteroatoms. The molecule has 2 amide bonds. The first-order valence-corrected chi connectivity index (χ1v) is 12.5. The molecule has 1 heterocycles. The molecule has 0 radical (unpaired) electrons. The normalized spacial score (nSPS) is 11.6. The van der Waals surface area contributed by atoms with E-state index in [0.717, 1.165) is 11.6 Å². The van der Waals surface area contributed by atoms with Crippen molar-refractivity contribution in [2.24, 2.45) is 5.92 Å². The molecule has 1 atom stereocenters. The molecule has 0 aliphatic carbocycles. The van der Waals surface area contributed by atoms with Crippen molar-refractivity contribution in [3.8, 4) is 11.3 Å². The number of nitrogens with zero attached hydrogens (tertiary/aromatic N) is 2. The summed E-state index contributed by atoms with van der Waals surface area (Å²) in [5, 5.41) is 9.45. The predicted octanol–water partition coefficient (Wildman–Crippen LogP) is 4.59. The van der Waals surface area contributed by atoms with Gasteiger partial charge in [-0.1, -0.05) is 55.8 Å². The number of rotatable bonds is 11. The van der Waals surface area contributed by atoms with E-state index < -0.39 is 29.8 Å². The Morgan fingerprint density at radius 3 is 2.53 bits per heavy atom. The summed E-state index contributed by atoms with van der Waals surface area (Å²) in [6, 6.07) is 11.6. The molecule has 0 aliphatic heterocycles. The lowest BCUT2D eigenvalue weighted by molar-refractivity contribution is -0.147. The summed E-state index contributed by atoms with van der Waals surface area (Å²) in [4.78, 5) is 37.9. The third kappa shape index (κ3) is 8.04. The van der Waals surface area contributed by atoms with Gasteiger partial charge < -0.3 is 20.1 Å². The van der Waals surface area contributed by atoms with Crippen molar-refractivity contribution in [3.63, 3.8) is 0 Å². The molecule has 0 spiro atoms. The van der Waals surface area contributed by atoms with Crippen molar-refractivity contribution in [3.05, 3.63) is 76.7 Å². The van der Waals surface area contributed by atoms with Crippen LogP contribution in [0.15, 0.2) is 54.7 Å². The Balaban J connectivity index is 1.70. The smallest absolute Gasteiger partial charge is 0.408 e. The quantitative estimate of drug-likeness (QED) is 0.342. The number of hydrogen-bond acceptors (Lipinski definition) is 6. The minimum absolute atomic E-state index is 0.000807. The number of amides is 2. The highest BCUT2D eigenvalue weighted by Crippen LogP contribution is 2.29. The largest absolute Gasteiger partial charge is 0.464 e. The lowest BCUT2D eigenvalue weighted by Gasteiger charge is -2.19. The molecular weight excluding hydrogens is 515 g/mol. The lowest BCUT2D eigenvalue weighted by atomic mass is 10.1. The van der Waals surface area contributed by atoms with Gasteiger partial charge in [-0.05, 0) is 36.6 Å². The summed E-state index contributed by atoms with van der Waals surface area (Å²) in [5.41, 5.74) is 1.61. The Kier molecular flexibility index (Phi) is 10.2. The molecular formula is C27H30ClFN4O5. The second kappa shape index (κ2) is 13.6. The van der Waals surface area contributed by atoms with Gasteiger partial charge in [-0.2, -0.15) is 5.10 Å². The summed E-state index contributed by atoms with van der Waals surface area (Å²) in [5.74, 6) is -1.99. The number of benzene rings is 2. The van der Waals surface area contributed by atoms with E-state index in [9.17, 15) is 18.8 Å².